The van der Waals surface area contributed by atoms with Crippen molar-refractivity contribution < 1.29 is 23.1 Å². The molecule has 0 saturated heterocycles. The van der Waals surface area contributed by atoms with E-state index in [0.717, 1.165) is 0 Å². The largest absolute Gasteiger partial charge is 0.462 e. The van der Waals surface area contributed by atoms with Gasteiger partial charge in [-0.15, -0.1) is 0 Å². The van der Waals surface area contributed by atoms with Crippen LogP contribution in [0.25, 0.3) is 5.69 Å². The van der Waals surface area contributed by atoms with E-state index in [2.05, 4.69) is 44.3 Å². The second-order valence-corrected chi connectivity index (χ2v) is 14.0. The van der Waals surface area contributed by atoms with E-state index >= 15 is 0 Å². The molecule has 176 valence electrons. The van der Waals surface area contributed by atoms with Crippen LogP contribution in [-0.2, 0) is 20.4 Å². The van der Waals surface area contributed by atoms with E-state index in [1.807, 2.05) is 0 Å². The van der Waals surface area contributed by atoms with Gasteiger partial charge in [0.25, 0.3) is 0 Å². The van der Waals surface area contributed by atoms with Crippen LogP contribution in [0.2, 0.25) is 18.1 Å². The van der Waals surface area contributed by atoms with Crippen molar-refractivity contribution in [1.29, 1.82) is 0 Å². The van der Waals surface area contributed by atoms with Crippen molar-refractivity contribution in [3.05, 3.63) is 41.3 Å². The number of nitrogens with one attached hydrogen (secondary N) is 1. The number of halogens is 1. The summed E-state index contributed by atoms with van der Waals surface area (Å²) < 4.78 is 26.8. The molecule has 0 aliphatic heterocycles. The van der Waals surface area contributed by atoms with E-state index in [4.69, 9.17) is 9.16 Å². The summed E-state index contributed by atoms with van der Waals surface area (Å²) in [5.74, 6) is -1.12. The van der Waals surface area contributed by atoms with Gasteiger partial charge in [-0.05, 0) is 61.7 Å². The van der Waals surface area contributed by atoms with Crippen LogP contribution in [-0.4, -0.2) is 43.2 Å². The highest BCUT2D eigenvalue weighted by Gasteiger charge is 2.36. The number of nitrogens with zero attached hydrogens (tertiary/aromatic N) is 2. The molecule has 1 heterocycles. The number of benzene rings is 1. The predicted octanol–water partition coefficient (Wildman–Crippen LogP) is 5.10. The van der Waals surface area contributed by atoms with Gasteiger partial charge in [0, 0.05) is 13.5 Å². The number of anilines is 1. The van der Waals surface area contributed by atoms with Crippen LogP contribution < -0.4 is 5.32 Å². The number of aryl methyl sites for hydroxylation is 1. The summed E-state index contributed by atoms with van der Waals surface area (Å²) in [7, 11) is -1.87. The highest BCUT2D eigenvalue weighted by atomic mass is 28.4. The summed E-state index contributed by atoms with van der Waals surface area (Å²) in [6.07, 6.45) is 2.59. The average Bonchev–Trinajstić information content (AvgIpc) is 3.07. The first-order chi connectivity index (χ1) is 14.9. The highest BCUT2D eigenvalue weighted by Crippen LogP contribution is 2.36. The van der Waals surface area contributed by atoms with Gasteiger partial charge in [0.05, 0.1) is 18.5 Å². The smallest absolute Gasteiger partial charge is 0.343 e. The monoisotopic (exact) mass is 463 g/mol. The van der Waals surface area contributed by atoms with Gasteiger partial charge in [-0.3, -0.25) is 4.79 Å². The summed E-state index contributed by atoms with van der Waals surface area (Å²) >= 11 is 0. The number of esters is 1. The van der Waals surface area contributed by atoms with Crippen molar-refractivity contribution in [1.82, 2.24) is 9.78 Å². The number of carbonyl (C=O) groups excluding carboxylic acids is 2. The van der Waals surface area contributed by atoms with Crippen molar-refractivity contribution in [2.24, 2.45) is 0 Å². The van der Waals surface area contributed by atoms with Gasteiger partial charge in [-0.25, -0.2) is 13.9 Å². The third-order valence-electron chi connectivity index (χ3n) is 5.69. The summed E-state index contributed by atoms with van der Waals surface area (Å²) in [5, 5.41) is 7.05. The Hall–Kier alpha value is -2.52. The number of ether oxygens (including phenoxy) is 1. The fourth-order valence-electron chi connectivity index (χ4n) is 2.94. The number of hydrogen-bond donors (Lipinski definition) is 1. The molecule has 0 radical (unpaired) electrons. The van der Waals surface area contributed by atoms with Crippen molar-refractivity contribution >= 4 is 26.0 Å². The Kier molecular flexibility index (Phi) is 8.36. The molecule has 2 aromatic rings. The minimum atomic E-state index is -1.87. The topological polar surface area (TPSA) is 82.4 Å². The average molecular weight is 464 g/mol. The Morgan fingerprint density at radius 2 is 1.94 bits per heavy atom. The Morgan fingerprint density at radius 1 is 1.25 bits per heavy atom. The molecule has 0 bridgehead atoms. The van der Waals surface area contributed by atoms with Crippen molar-refractivity contribution in [2.75, 3.05) is 18.5 Å². The van der Waals surface area contributed by atoms with Gasteiger partial charge in [0.15, 0.2) is 14.1 Å². The first-order valence-electron chi connectivity index (χ1n) is 10.8. The Morgan fingerprint density at radius 3 is 2.53 bits per heavy atom. The quantitative estimate of drug-likeness (QED) is 0.318. The Bertz CT molecular complexity index is 967. The van der Waals surface area contributed by atoms with Crippen LogP contribution in [0.5, 0.6) is 0 Å². The minimum absolute atomic E-state index is 0.114. The third-order valence-corrected chi connectivity index (χ3v) is 10.2. The zero-order chi connectivity index (χ0) is 24.1. The maximum atomic E-state index is 14.1. The zero-order valence-corrected chi connectivity index (χ0v) is 21.0. The van der Waals surface area contributed by atoms with E-state index in [9.17, 15) is 14.0 Å². The minimum Gasteiger partial charge on any atom is -0.462 e. The lowest BCUT2D eigenvalue weighted by atomic mass is 10.1. The Balaban J connectivity index is 2.32. The molecule has 32 heavy (non-hydrogen) atoms. The van der Waals surface area contributed by atoms with Crippen LogP contribution in [0.15, 0.2) is 24.4 Å². The maximum absolute atomic E-state index is 14.1. The lowest BCUT2D eigenvalue weighted by molar-refractivity contribution is -0.114. The highest BCUT2D eigenvalue weighted by molar-refractivity contribution is 6.74. The van der Waals surface area contributed by atoms with Crippen molar-refractivity contribution in [2.45, 2.75) is 65.6 Å². The number of carbonyl (C=O) groups is 2. The third kappa shape index (κ3) is 6.26. The van der Waals surface area contributed by atoms with Crippen LogP contribution in [0.4, 0.5) is 10.2 Å². The maximum Gasteiger partial charge on any atom is 0.343 e. The van der Waals surface area contributed by atoms with Crippen molar-refractivity contribution in [3.63, 3.8) is 0 Å². The number of hydrogen-bond acceptors (Lipinski definition) is 5. The van der Waals surface area contributed by atoms with Gasteiger partial charge in [0.1, 0.15) is 11.4 Å². The standard InChI is InChI=1S/C23H34FN3O4Si/c1-8-30-22(29)19-15-25-27(21(19)26-16(2)28)20-12-11-18(24)14-17(20)10-9-13-31-32(6,7)23(3,4)5/h11-12,14-15H,8-10,13H2,1-7H3,(H,26,28). The van der Waals surface area contributed by atoms with E-state index < -0.39 is 14.3 Å². The van der Waals surface area contributed by atoms with Gasteiger partial charge in [-0.2, -0.15) is 5.10 Å². The van der Waals surface area contributed by atoms with Crippen LogP contribution in [0, 0.1) is 5.82 Å². The number of amides is 1. The van der Waals surface area contributed by atoms with E-state index in [1.165, 1.54) is 29.9 Å². The molecular formula is C23H34FN3O4Si. The molecule has 0 spiro atoms. The first-order valence-corrected chi connectivity index (χ1v) is 13.7. The fourth-order valence-corrected chi connectivity index (χ4v) is 4.03. The lowest BCUT2D eigenvalue weighted by Crippen LogP contribution is -2.41. The SMILES string of the molecule is CCOC(=O)c1cnn(-c2ccc(F)cc2CCCO[Si](C)(C)C(C)(C)C)c1NC(C)=O. The molecule has 0 fully saturated rings. The molecule has 1 aromatic heterocycles. The number of aromatic nitrogens is 2. The first kappa shape index (κ1) is 25.7. The molecule has 1 aromatic carbocycles. The molecule has 0 saturated carbocycles. The normalized spacial score (nSPS) is 12.0. The zero-order valence-electron chi connectivity index (χ0n) is 20.0. The summed E-state index contributed by atoms with van der Waals surface area (Å²) in [5.41, 5.74) is 1.42. The summed E-state index contributed by atoms with van der Waals surface area (Å²) in [4.78, 5) is 24.1. The molecule has 9 heteroatoms. The van der Waals surface area contributed by atoms with Gasteiger partial charge in [0.2, 0.25) is 5.91 Å². The lowest BCUT2D eigenvalue weighted by Gasteiger charge is -2.36. The molecule has 1 N–H and O–H groups in total. The molecule has 2 rings (SSSR count). The van der Waals surface area contributed by atoms with Crippen LogP contribution >= 0.6 is 0 Å². The van der Waals surface area contributed by atoms with Crippen LogP contribution in [0.3, 0.4) is 0 Å². The van der Waals surface area contributed by atoms with Gasteiger partial charge < -0.3 is 14.5 Å². The Labute approximate surface area is 190 Å². The fraction of sp³-hybridized carbons (Fsp3) is 0.522. The van der Waals surface area contributed by atoms with Gasteiger partial charge in [-0.1, -0.05) is 20.8 Å². The van der Waals surface area contributed by atoms with E-state index in [1.54, 1.807) is 13.0 Å². The molecule has 0 atom stereocenters. The molecule has 0 unspecified atom stereocenters. The molecular weight excluding hydrogens is 429 g/mol. The molecule has 0 aliphatic rings. The van der Waals surface area contributed by atoms with Crippen molar-refractivity contribution in [3.8, 4) is 5.69 Å². The molecule has 0 aliphatic carbocycles. The predicted molar refractivity (Wildman–Crippen MR) is 125 cm³/mol. The summed E-state index contributed by atoms with van der Waals surface area (Å²) in [6, 6.07) is 4.37. The second-order valence-electron chi connectivity index (χ2n) is 9.21. The molecule has 7 nitrogen and oxygen atoms in total. The van der Waals surface area contributed by atoms with Crippen LogP contribution in [0.1, 0.15) is 57.0 Å². The van der Waals surface area contributed by atoms with Gasteiger partial charge >= 0.3 is 5.97 Å². The number of rotatable bonds is 9. The molecule has 1 amide bonds. The second kappa shape index (κ2) is 10.4. The van der Waals surface area contributed by atoms with E-state index in [0.29, 0.717) is 30.7 Å². The summed E-state index contributed by atoms with van der Waals surface area (Å²) in [6.45, 7) is 14.8. The van der Waals surface area contributed by atoms with E-state index in [-0.39, 0.29) is 34.8 Å².